The molecule has 0 heterocycles. The van der Waals surface area contributed by atoms with Crippen molar-refractivity contribution in [3.8, 4) is 5.75 Å². The van der Waals surface area contributed by atoms with Crippen molar-refractivity contribution < 1.29 is 4.74 Å². The van der Waals surface area contributed by atoms with Gasteiger partial charge in [-0.3, -0.25) is 4.90 Å². The van der Waals surface area contributed by atoms with Crippen LogP contribution in [0.4, 0.5) is 0 Å². The van der Waals surface area contributed by atoms with Gasteiger partial charge in [0.2, 0.25) is 0 Å². The third-order valence-electron chi connectivity index (χ3n) is 5.69. The zero-order valence-electron chi connectivity index (χ0n) is 16.3. The molecule has 0 amide bonds. The molecular weight excluding hydrogens is 410 g/mol. The summed E-state index contributed by atoms with van der Waals surface area (Å²) >= 11 is 3.74. The molecule has 0 aromatic heterocycles. The van der Waals surface area contributed by atoms with Crippen LogP contribution in [0.5, 0.6) is 5.75 Å². The summed E-state index contributed by atoms with van der Waals surface area (Å²) < 4.78 is 6.90. The maximum Gasteiger partial charge on any atom is 0.122 e. The number of halogens is 1. The van der Waals surface area contributed by atoms with Gasteiger partial charge in [0.15, 0.2) is 0 Å². The summed E-state index contributed by atoms with van der Waals surface area (Å²) in [5.74, 6) is 1.02. The van der Waals surface area contributed by atoms with Gasteiger partial charge in [-0.2, -0.15) is 0 Å². The summed E-state index contributed by atoms with van der Waals surface area (Å²) in [5, 5.41) is 0. The maximum atomic E-state index is 5.69. The number of benzene rings is 3. The van der Waals surface area contributed by atoms with E-state index in [2.05, 4.69) is 93.6 Å². The van der Waals surface area contributed by atoms with Crippen molar-refractivity contribution in [1.82, 2.24) is 4.90 Å². The maximum absolute atomic E-state index is 5.69. The van der Waals surface area contributed by atoms with Crippen LogP contribution in [0.25, 0.3) is 0 Å². The Morgan fingerprint density at radius 1 is 0.857 bits per heavy atom. The number of fused-ring (bicyclic) bond motifs is 1. The SMILES string of the molecule is COc1ccc(Br)c2c1C[C@H](N(Cc1ccccc1)Cc1ccccc1)CC2. The highest BCUT2D eigenvalue weighted by atomic mass is 79.9. The average Bonchev–Trinajstić information content (AvgIpc) is 2.75. The molecule has 0 saturated heterocycles. The van der Waals surface area contributed by atoms with E-state index in [1.165, 1.54) is 33.1 Å². The Hall–Kier alpha value is -2.10. The molecule has 0 N–H and O–H groups in total. The molecule has 0 spiro atoms. The first-order valence-corrected chi connectivity index (χ1v) is 10.7. The molecule has 3 aromatic carbocycles. The van der Waals surface area contributed by atoms with Crippen LogP contribution in [0.15, 0.2) is 77.3 Å². The van der Waals surface area contributed by atoms with Gasteiger partial charge in [0, 0.05) is 23.6 Å². The Labute approximate surface area is 176 Å². The summed E-state index contributed by atoms with van der Waals surface area (Å²) in [6.45, 7) is 1.93. The van der Waals surface area contributed by atoms with Gasteiger partial charge in [-0.05, 0) is 53.6 Å². The standard InChI is InChI=1S/C25H26BrNO/c1-28-25-15-14-24(26)22-13-12-21(16-23(22)25)27(17-19-8-4-2-5-9-19)18-20-10-6-3-7-11-20/h2-11,14-15,21H,12-13,16-18H2,1H3/t21-/m1/s1. The van der Waals surface area contributed by atoms with Crippen molar-refractivity contribution in [3.05, 3.63) is 99.5 Å². The van der Waals surface area contributed by atoms with E-state index in [-0.39, 0.29) is 0 Å². The lowest BCUT2D eigenvalue weighted by molar-refractivity contribution is 0.161. The molecule has 2 nitrogen and oxygen atoms in total. The number of hydrogen-bond donors (Lipinski definition) is 0. The van der Waals surface area contributed by atoms with Crippen LogP contribution in [0.2, 0.25) is 0 Å². The van der Waals surface area contributed by atoms with E-state index in [0.29, 0.717) is 6.04 Å². The zero-order valence-corrected chi connectivity index (χ0v) is 17.9. The molecule has 0 saturated carbocycles. The molecule has 1 aliphatic rings. The number of ether oxygens (including phenoxy) is 1. The van der Waals surface area contributed by atoms with Crippen LogP contribution >= 0.6 is 15.9 Å². The first kappa shape index (κ1) is 19.2. The molecule has 1 aliphatic carbocycles. The van der Waals surface area contributed by atoms with E-state index >= 15 is 0 Å². The Morgan fingerprint density at radius 2 is 1.46 bits per heavy atom. The van der Waals surface area contributed by atoms with Gasteiger partial charge < -0.3 is 4.74 Å². The molecule has 0 radical (unpaired) electrons. The van der Waals surface area contributed by atoms with E-state index in [4.69, 9.17) is 4.74 Å². The highest BCUT2D eigenvalue weighted by Gasteiger charge is 2.28. The number of rotatable bonds is 6. The lowest BCUT2D eigenvalue weighted by atomic mass is 9.86. The van der Waals surface area contributed by atoms with E-state index in [1.807, 2.05) is 0 Å². The van der Waals surface area contributed by atoms with Crippen LogP contribution in [0, 0.1) is 0 Å². The molecule has 3 heteroatoms. The van der Waals surface area contributed by atoms with Crippen molar-refractivity contribution in [2.45, 2.75) is 38.4 Å². The summed E-state index contributed by atoms with van der Waals surface area (Å²) in [6, 6.07) is 26.3. The van der Waals surface area contributed by atoms with Gasteiger partial charge in [-0.25, -0.2) is 0 Å². The second-order valence-electron chi connectivity index (χ2n) is 7.48. The third-order valence-corrected chi connectivity index (χ3v) is 6.43. The van der Waals surface area contributed by atoms with Gasteiger partial charge in [-0.15, -0.1) is 0 Å². The molecule has 0 bridgehead atoms. The van der Waals surface area contributed by atoms with E-state index < -0.39 is 0 Å². The fraction of sp³-hybridized carbons (Fsp3) is 0.280. The minimum absolute atomic E-state index is 0.496. The predicted molar refractivity (Wildman–Crippen MR) is 119 cm³/mol. The quantitative estimate of drug-likeness (QED) is 0.469. The summed E-state index contributed by atoms with van der Waals surface area (Å²) in [5.41, 5.74) is 5.50. The van der Waals surface area contributed by atoms with Gasteiger partial charge >= 0.3 is 0 Å². The highest BCUT2D eigenvalue weighted by Crippen LogP contribution is 2.36. The van der Waals surface area contributed by atoms with E-state index in [0.717, 1.165) is 31.7 Å². The number of nitrogens with zero attached hydrogens (tertiary/aromatic N) is 1. The van der Waals surface area contributed by atoms with Gasteiger partial charge in [0.1, 0.15) is 5.75 Å². The van der Waals surface area contributed by atoms with Gasteiger partial charge in [0.05, 0.1) is 7.11 Å². The Morgan fingerprint density at radius 3 is 2.04 bits per heavy atom. The lowest BCUT2D eigenvalue weighted by Gasteiger charge is -2.36. The predicted octanol–water partition coefficient (Wildman–Crippen LogP) is 6.02. The van der Waals surface area contributed by atoms with E-state index in [9.17, 15) is 0 Å². The number of hydrogen-bond acceptors (Lipinski definition) is 2. The lowest BCUT2D eigenvalue weighted by Crippen LogP contribution is -2.38. The summed E-state index contributed by atoms with van der Waals surface area (Å²) in [6.07, 6.45) is 3.27. The van der Waals surface area contributed by atoms with Crippen LogP contribution in [0.3, 0.4) is 0 Å². The second kappa shape index (κ2) is 8.93. The van der Waals surface area contributed by atoms with Gasteiger partial charge in [-0.1, -0.05) is 76.6 Å². The fourth-order valence-corrected chi connectivity index (χ4v) is 4.81. The molecule has 0 unspecified atom stereocenters. The van der Waals surface area contributed by atoms with Crippen LogP contribution in [-0.4, -0.2) is 18.1 Å². The van der Waals surface area contributed by atoms with Crippen molar-refractivity contribution in [2.75, 3.05) is 7.11 Å². The fourth-order valence-electron chi connectivity index (χ4n) is 4.24. The zero-order chi connectivity index (χ0) is 19.3. The largest absolute Gasteiger partial charge is 0.496 e. The minimum Gasteiger partial charge on any atom is -0.496 e. The average molecular weight is 436 g/mol. The molecule has 1 atom stereocenters. The molecule has 28 heavy (non-hydrogen) atoms. The molecule has 0 fully saturated rings. The highest BCUT2D eigenvalue weighted by molar-refractivity contribution is 9.10. The molecule has 0 aliphatic heterocycles. The summed E-state index contributed by atoms with van der Waals surface area (Å²) in [7, 11) is 1.78. The Kier molecular flexibility index (Phi) is 6.13. The van der Waals surface area contributed by atoms with Crippen LogP contribution in [-0.2, 0) is 25.9 Å². The topological polar surface area (TPSA) is 12.5 Å². The van der Waals surface area contributed by atoms with Crippen molar-refractivity contribution >= 4 is 15.9 Å². The smallest absolute Gasteiger partial charge is 0.122 e. The first-order valence-electron chi connectivity index (χ1n) is 9.90. The van der Waals surface area contributed by atoms with Crippen LogP contribution < -0.4 is 4.74 Å². The van der Waals surface area contributed by atoms with E-state index in [1.54, 1.807) is 7.11 Å². The number of methoxy groups -OCH3 is 1. The molecule has 144 valence electrons. The van der Waals surface area contributed by atoms with Crippen LogP contribution in [0.1, 0.15) is 28.7 Å². The van der Waals surface area contributed by atoms with Crippen molar-refractivity contribution in [3.63, 3.8) is 0 Å². The molecule has 4 rings (SSSR count). The summed E-state index contributed by atoms with van der Waals surface area (Å²) in [4.78, 5) is 2.63. The normalized spacial score (nSPS) is 16.0. The second-order valence-corrected chi connectivity index (χ2v) is 8.33. The third kappa shape index (κ3) is 4.31. The van der Waals surface area contributed by atoms with Gasteiger partial charge in [0.25, 0.3) is 0 Å². The molecule has 3 aromatic rings. The monoisotopic (exact) mass is 435 g/mol. The van der Waals surface area contributed by atoms with Crippen molar-refractivity contribution in [2.24, 2.45) is 0 Å². The molecular formula is C25H26BrNO. The Balaban J connectivity index is 1.62. The first-order chi connectivity index (χ1) is 13.7. The minimum atomic E-state index is 0.496. The Bertz CT molecular complexity index is 869. The van der Waals surface area contributed by atoms with Crippen molar-refractivity contribution in [1.29, 1.82) is 0 Å².